The molecule has 3 heterocycles. The van der Waals surface area contributed by atoms with E-state index in [-0.39, 0.29) is 11.8 Å². The molecule has 1 fully saturated rings. The van der Waals surface area contributed by atoms with E-state index in [1.165, 1.54) is 11.3 Å². The van der Waals surface area contributed by atoms with E-state index in [0.29, 0.717) is 52.7 Å². The van der Waals surface area contributed by atoms with Crippen LogP contribution in [0.1, 0.15) is 22.7 Å². The molecule has 5 rings (SSSR count). The van der Waals surface area contributed by atoms with E-state index in [1.807, 2.05) is 0 Å². The summed E-state index contributed by atoms with van der Waals surface area (Å²) in [5, 5.41) is 15.5. The summed E-state index contributed by atoms with van der Waals surface area (Å²) >= 11 is 1.31. The maximum atomic E-state index is 12.8. The normalized spacial score (nSPS) is 15.1. The predicted octanol–water partition coefficient (Wildman–Crippen LogP) is 3.81. The Morgan fingerprint density at radius 2 is 1.97 bits per heavy atom. The van der Waals surface area contributed by atoms with Crippen LogP contribution in [-0.4, -0.2) is 39.6 Å². The minimum Gasteiger partial charge on any atom is -0.480 e. The minimum absolute atomic E-state index is 0.188. The second-order valence-corrected chi connectivity index (χ2v) is 8.32. The lowest BCUT2D eigenvalue weighted by molar-refractivity contribution is -0.124. The molecule has 172 valence electrons. The summed E-state index contributed by atoms with van der Waals surface area (Å²) in [5.74, 6) is 1.59. The van der Waals surface area contributed by atoms with E-state index in [2.05, 4.69) is 25.8 Å². The molecule has 1 saturated heterocycles. The Hall–Kier alpha value is -4.25. The average molecular weight is 478 g/mol. The lowest BCUT2D eigenvalue weighted by Gasteiger charge is -2.14. The monoisotopic (exact) mass is 477 g/mol. The SMILES string of the molecule is Cc1nnc(-c2ccc(Oc3cc(O[C@H]4CCNC4=O)cc(C(=O)Nc4nccs4)c3)cc2)o1. The van der Waals surface area contributed by atoms with Gasteiger partial charge in [-0.15, -0.1) is 21.5 Å². The van der Waals surface area contributed by atoms with Gasteiger partial charge in [-0.2, -0.15) is 0 Å². The Labute approximate surface area is 197 Å². The molecule has 34 heavy (non-hydrogen) atoms. The Bertz CT molecular complexity index is 1320. The topological polar surface area (TPSA) is 128 Å². The van der Waals surface area contributed by atoms with Gasteiger partial charge in [0.25, 0.3) is 11.8 Å². The molecule has 2 amide bonds. The second kappa shape index (κ2) is 9.32. The quantitative estimate of drug-likeness (QED) is 0.411. The molecule has 1 atom stereocenters. The molecule has 0 bridgehead atoms. The zero-order valence-corrected chi connectivity index (χ0v) is 18.8. The maximum absolute atomic E-state index is 12.8. The number of thiazole rings is 1. The lowest BCUT2D eigenvalue weighted by atomic mass is 10.1. The molecule has 0 unspecified atom stereocenters. The fourth-order valence-corrected chi connectivity index (χ4v) is 3.87. The lowest BCUT2D eigenvalue weighted by Crippen LogP contribution is -2.27. The summed E-state index contributed by atoms with van der Waals surface area (Å²) in [6.07, 6.45) is 1.52. The van der Waals surface area contributed by atoms with Gasteiger partial charge in [0, 0.05) is 48.7 Å². The van der Waals surface area contributed by atoms with E-state index in [0.717, 1.165) is 5.56 Å². The molecule has 1 aliphatic rings. The van der Waals surface area contributed by atoms with Crippen LogP contribution in [0.15, 0.2) is 58.5 Å². The molecule has 1 aliphatic heterocycles. The van der Waals surface area contributed by atoms with Crippen LogP contribution in [0, 0.1) is 6.92 Å². The smallest absolute Gasteiger partial charge is 0.261 e. The molecule has 11 heteroatoms. The Balaban J connectivity index is 1.39. The number of anilines is 1. The maximum Gasteiger partial charge on any atom is 0.261 e. The van der Waals surface area contributed by atoms with Crippen LogP contribution in [0.2, 0.25) is 0 Å². The Morgan fingerprint density at radius 1 is 1.15 bits per heavy atom. The zero-order valence-electron chi connectivity index (χ0n) is 18.0. The van der Waals surface area contributed by atoms with Crippen LogP contribution < -0.4 is 20.1 Å². The number of ether oxygens (including phenoxy) is 2. The molecule has 4 aromatic rings. The highest BCUT2D eigenvalue weighted by molar-refractivity contribution is 7.13. The highest BCUT2D eigenvalue weighted by Gasteiger charge is 2.26. The number of hydrogen-bond acceptors (Lipinski definition) is 9. The molecule has 0 aliphatic carbocycles. The average Bonchev–Trinajstić information content (AvgIpc) is 3.58. The summed E-state index contributed by atoms with van der Waals surface area (Å²) in [6, 6.07) is 11.9. The third-order valence-corrected chi connectivity index (χ3v) is 5.62. The largest absolute Gasteiger partial charge is 0.480 e. The highest BCUT2D eigenvalue weighted by atomic mass is 32.1. The molecule has 2 aromatic carbocycles. The summed E-state index contributed by atoms with van der Waals surface area (Å²) in [5.41, 5.74) is 1.06. The van der Waals surface area contributed by atoms with E-state index in [1.54, 1.807) is 61.0 Å². The molecule has 10 nitrogen and oxygen atoms in total. The molecule has 0 saturated carbocycles. The van der Waals surface area contributed by atoms with Crippen molar-refractivity contribution < 1.29 is 23.5 Å². The van der Waals surface area contributed by atoms with Gasteiger partial charge in [0.15, 0.2) is 11.2 Å². The van der Waals surface area contributed by atoms with Crippen LogP contribution in [-0.2, 0) is 4.79 Å². The predicted molar refractivity (Wildman–Crippen MR) is 123 cm³/mol. The number of hydrogen-bond donors (Lipinski definition) is 2. The van der Waals surface area contributed by atoms with Crippen LogP contribution in [0.5, 0.6) is 17.2 Å². The molecule has 2 N–H and O–H groups in total. The van der Waals surface area contributed by atoms with Crippen LogP contribution in [0.3, 0.4) is 0 Å². The van der Waals surface area contributed by atoms with E-state index in [4.69, 9.17) is 13.9 Å². The number of nitrogens with one attached hydrogen (secondary N) is 2. The summed E-state index contributed by atoms with van der Waals surface area (Å²) in [4.78, 5) is 28.9. The Morgan fingerprint density at radius 3 is 2.65 bits per heavy atom. The number of nitrogens with zero attached hydrogens (tertiary/aromatic N) is 3. The first-order valence-corrected chi connectivity index (χ1v) is 11.3. The van der Waals surface area contributed by atoms with Gasteiger partial charge < -0.3 is 19.2 Å². The zero-order chi connectivity index (χ0) is 23.5. The molecular formula is C23H19N5O5S. The molecular weight excluding hydrogens is 458 g/mol. The van der Waals surface area contributed by atoms with Crippen molar-refractivity contribution in [2.24, 2.45) is 0 Å². The molecule has 2 aromatic heterocycles. The van der Waals surface area contributed by atoms with Crippen molar-refractivity contribution in [1.29, 1.82) is 0 Å². The summed E-state index contributed by atoms with van der Waals surface area (Å²) < 4.78 is 17.3. The number of benzene rings is 2. The third-order valence-electron chi connectivity index (χ3n) is 4.93. The van der Waals surface area contributed by atoms with Crippen LogP contribution in [0.4, 0.5) is 5.13 Å². The van der Waals surface area contributed by atoms with Crippen molar-refractivity contribution >= 4 is 28.3 Å². The van der Waals surface area contributed by atoms with Gasteiger partial charge in [-0.25, -0.2) is 4.98 Å². The van der Waals surface area contributed by atoms with Crippen molar-refractivity contribution in [3.05, 3.63) is 65.5 Å². The van der Waals surface area contributed by atoms with Crippen molar-refractivity contribution in [1.82, 2.24) is 20.5 Å². The van der Waals surface area contributed by atoms with Gasteiger partial charge in [-0.3, -0.25) is 14.9 Å². The first kappa shape index (κ1) is 21.6. The number of aryl methyl sites for hydroxylation is 1. The number of amides is 2. The minimum atomic E-state index is -0.623. The van der Waals surface area contributed by atoms with E-state index >= 15 is 0 Å². The third kappa shape index (κ3) is 4.89. The van der Waals surface area contributed by atoms with Crippen LogP contribution >= 0.6 is 11.3 Å². The van der Waals surface area contributed by atoms with Crippen molar-refractivity contribution in [3.63, 3.8) is 0 Å². The van der Waals surface area contributed by atoms with Gasteiger partial charge in [0.2, 0.25) is 11.8 Å². The summed E-state index contributed by atoms with van der Waals surface area (Å²) in [7, 11) is 0. The van der Waals surface area contributed by atoms with Crippen LogP contribution in [0.25, 0.3) is 11.5 Å². The van der Waals surface area contributed by atoms with E-state index < -0.39 is 6.10 Å². The standard InChI is InChI=1S/C23H19N5O5S/c1-13-27-28-22(31-13)14-2-4-16(5-3-14)32-17-10-15(20(29)26-23-25-8-9-34-23)11-18(12-17)33-19-6-7-24-21(19)30/h2-5,8-12,19H,6-7H2,1H3,(H,24,30)(H,25,26,29)/t19-/m0/s1. The highest BCUT2D eigenvalue weighted by Crippen LogP contribution is 2.30. The number of aromatic nitrogens is 3. The summed E-state index contributed by atoms with van der Waals surface area (Å²) in [6.45, 7) is 2.27. The van der Waals surface area contributed by atoms with Crippen molar-refractivity contribution in [3.8, 4) is 28.7 Å². The fourth-order valence-electron chi connectivity index (χ4n) is 3.35. The fraction of sp³-hybridized carbons (Fsp3) is 0.174. The van der Waals surface area contributed by atoms with Gasteiger partial charge >= 0.3 is 0 Å². The molecule has 0 spiro atoms. The van der Waals surface area contributed by atoms with Gasteiger partial charge in [0.1, 0.15) is 17.2 Å². The molecule has 0 radical (unpaired) electrons. The van der Waals surface area contributed by atoms with E-state index in [9.17, 15) is 9.59 Å². The van der Waals surface area contributed by atoms with Crippen molar-refractivity contribution in [2.75, 3.05) is 11.9 Å². The van der Waals surface area contributed by atoms with Gasteiger partial charge in [0.05, 0.1) is 0 Å². The van der Waals surface area contributed by atoms with Gasteiger partial charge in [-0.05, 0) is 36.4 Å². The second-order valence-electron chi connectivity index (χ2n) is 7.42. The van der Waals surface area contributed by atoms with Crippen molar-refractivity contribution in [2.45, 2.75) is 19.4 Å². The first-order valence-electron chi connectivity index (χ1n) is 10.4. The Kier molecular flexibility index (Phi) is 5.91. The van der Waals surface area contributed by atoms with Gasteiger partial charge in [-0.1, -0.05) is 0 Å². The number of carbonyl (C=O) groups excluding carboxylic acids is 2. The number of carbonyl (C=O) groups is 2. The number of rotatable bonds is 7. The first-order chi connectivity index (χ1) is 16.5.